The number of aromatic nitrogens is 1. The molecule has 5 nitrogen and oxygen atoms in total. The molecular weight excluding hydrogens is 280 g/mol. The summed E-state index contributed by atoms with van der Waals surface area (Å²) in [4.78, 5) is 16.4. The fraction of sp³-hybridized carbons (Fsp3) is 0.294. The molecule has 0 radical (unpaired) electrons. The fourth-order valence-corrected chi connectivity index (χ4v) is 1.95. The highest BCUT2D eigenvalue weighted by molar-refractivity contribution is 5.81. The first kappa shape index (κ1) is 15.8. The van der Waals surface area contributed by atoms with Gasteiger partial charge < -0.3 is 14.8 Å². The van der Waals surface area contributed by atoms with Gasteiger partial charge in [0.05, 0.1) is 18.8 Å². The molecule has 1 N–H and O–H groups in total. The molecule has 2 unspecified atom stereocenters. The Morgan fingerprint density at radius 3 is 2.36 bits per heavy atom. The van der Waals surface area contributed by atoms with Gasteiger partial charge in [-0.15, -0.1) is 0 Å². The highest BCUT2D eigenvalue weighted by Gasteiger charge is 2.18. The van der Waals surface area contributed by atoms with E-state index in [1.54, 1.807) is 44.5 Å². The van der Waals surface area contributed by atoms with Crippen molar-refractivity contribution >= 4 is 5.91 Å². The Labute approximate surface area is 130 Å². The molecule has 1 heterocycles. The lowest BCUT2D eigenvalue weighted by Gasteiger charge is -2.18. The average molecular weight is 300 g/mol. The standard InChI is InChI=1S/C17H20N2O3/c1-12(16-6-4-5-11-18-16)19-17(20)13(2)22-15-9-7-14(21-3)8-10-15/h4-13H,1-3H3,(H,19,20). The summed E-state index contributed by atoms with van der Waals surface area (Å²) >= 11 is 0. The second kappa shape index (κ2) is 7.45. The number of pyridine rings is 1. The Morgan fingerprint density at radius 2 is 1.77 bits per heavy atom. The van der Waals surface area contributed by atoms with Crippen LogP contribution in [0.1, 0.15) is 25.6 Å². The number of hydrogen-bond acceptors (Lipinski definition) is 4. The van der Waals surface area contributed by atoms with Gasteiger partial charge in [0.25, 0.3) is 5.91 Å². The molecule has 0 bridgehead atoms. The number of methoxy groups -OCH3 is 1. The molecule has 1 aromatic heterocycles. The Morgan fingerprint density at radius 1 is 1.09 bits per heavy atom. The Hall–Kier alpha value is -2.56. The van der Waals surface area contributed by atoms with Gasteiger partial charge in [0.1, 0.15) is 11.5 Å². The van der Waals surface area contributed by atoms with Crippen molar-refractivity contribution in [2.24, 2.45) is 0 Å². The molecule has 2 rings (SSSR count). The molecule has 0 spiro atoms. The largest absolute Gasteiger partial charge is 0.497 e. The van der Waals surface area contributed by atoms with Gasteiger partial charge in [-0.2, -0.15) is 0 Å². The quantitative estimate of drug-likeness (QED) is 0.891. The van der Waals surface area contributed by atoms with Gasteiger partial charge in [-0.1, -0.05) is 6.07 Å². The maximum Gasteiger partial charge on any atom is 0.261 e. The summed E-state index contributed by atoms with van der Waals surface area (Å²) in [6, 6.07) is 12.5. The van der Waals surface area contributed by atoms with E-state index in [4.69, 9.17) is 9.47 Å². The molecule has 1 aromatic carbocycles. The first-order chi connectivity index (χ1) is 10.6. The van der Waals surface area contributed by atoms with Gasteiger partial charge in [0, 0.05) is 6.20 Å². The van der Waals surface area contributed by atoms with Crippen LogP contribution in [0.2, 0.25) is 0 Å². The van der Waals surface area contributed by atoms with Crippen LogP contribution in [0.25, 0.3) is 0 Å². The maximum absolute atomic E-state index is 12.2. The third-order valence-corrected chi connectivity index (χ3v) is 3.23. The Bertz CT molecular complexity index is 599. The summed E-state index contributed by atoms with van der Waals surface area (Å²) < 4.78 is 10.7. The average Bonchev–Trinajstić information content (AvgIpc) is 2.56. The smallest absolute Gasteiger partial charge is 0.261 e. The van der Waals surface area contributed by atoms with Crippen LogP contribution in [0.3, 0.4) is 0 Å². The third kappa shape index (κ3) is 4.22. The normalized spacial score (nSPS) is 13.0. The van der Waals surface area contributed by atoms with E-state index in [9.17, 15) is 4.79 Å². The number of nitrogens with one attached hydrogen (secondary N) is 1. The highest BCUT2D eigenvalue weighted by Crippen LogP contribution is 2.18. The molecule has 5 heteroatoms. The van der Waals surface area contributed by atoms with Crippen LogP contribution in [0, 0.1) is 0 Å². The number of rotatable bonds is 6. The summed E-state index contributed by atoms with van der Waals surface area (Å²) in [6.07, 6.45) is 1.11. The van der Waals surface area contributed by atoms with Crippen molar-refractivity contribution in [2.75, 3.05) is 7.11 Å². The van der Waals surface area contributed by atoms with E-state index in [0.717, 1.165) is 11.4 Å². The monoisotopic (exact) mass is 300 g/mol. The fourth-order valence-electron chi connectivity index (χ4n) is 1.95. The summed E-state index contributed by atoms with van der Waals surface area (Å²) in [7, 11) is 1.60. The predicted octanol–water partition coefficient (Wildman–Crippen LogP) is 2.73. The topological polar surface area (TPSA) is 60.5 Å². The molecule has 116 valence electrons. The minimum absolute atomic E-state index is 0.171. The summed E-state index contributed by atoms with van der Waals surface area (Å²) in [6.45, 7) is 3.60. The zero-order chi connectivity index (χ0) is 15.9. The van der Waals surface area contributed by atoms with Crippen LogP contribution in [-0.2, 0) is 4.79 Å². The molecular formula is C17H20N2O3. The van der Waals surface area contributed by atoms with E-state index in [-0.39, 0.29) is 11.9 Å². The number of hydrogen-bond donors (Lipinski definition) is 1. The zero-order valence-corrected chi connectivity index (χ0v) is 12.9. The summed E-state index contributed by atoms with van der Waals surface area (Å²) in [5.41, 5.74) is 0.812. The summed E-state index contributed by atoms with van der Waals surface area (Å²) in [5.74, 6) is 1.18. The summed E-state index contributed by atoms with van der Waals surface area (Å²) in [5, 5.41) is 2.89. The molecule has 0 aliphatic carbocycles. The number of carbonyl (C=O) groups excluding carboxylic acids is 1. The van der Waals surface area contributed by atoms with Crippen molar-refractivity contribution < 1.29 is 14.3 Å². The van der Waals surface area contributed by atoms with Crippen LogP contribution in [-0.4, -0.2) is 24.1 Å². The molecule has 0 aliphatic heterocycles. The highest BCUT2D eigenvalue weighted by atomic mass is 16.5. The van der Waals surface area contributed by atoms with Gasteiger partial charge in [0.2, 0.25) is 0 Å². The third-order valence-electron chi connectivity index (χ3n) is 3.23. The van der Waals surface area contributed by atoms with Gasteiger partial charge in [-0.05, 0) is 50.2 Å². The number of amides is 1. The van der Waals surface area contributed by atoms with Crippen molar-refractivity contribution in [2.45, 2.75) is 26.0 Å². The lowest BCUT2D eigenvalue weighted by atomic mass is 10.2. The first-order valence-electron chi connectivity index (χ1n) is 7.12. The van der Waals surface area contributed by atoms with Crippen LogP contribution < -0.4 is 14.8 Å². The lowest BCUT2D eigenvalue weighted by Crippen LogP contribution is -2.38. The zero-order valence-electron chi connectivity index (χ0n) is 12.9. The number of benzene rings is 1. The molecule has 2 aromatic rings. The second-order valence-electron chi connectivity index (χ2n) is 4.92. The van der Waals surface area contributed by atoms with E-state index in [1.165, 1.54) is 0 Å². The van der Waals surface area contributed by atoms with E-state index in [1.807, 2.05) is 25.1 Å². The molecule has 2 atom stereocenters. The first-order valence-corrected chi connectivity index (χ1v) is 7.12. The Kier molecular flexibility index (Phi) is 5.36. The number of carbonyl (C=O) groups is 1. The van der Waals surface area contributed by atoms with E-state index >= 15 is 0 Å². The number of nitrogens with zero attached hydrogens (tertiary/aromatic N) is 1. The maximum atomic E-state index is 12.2. The van der Waals surface area contributed by atoms with Crippen LogP contribution in [0.5, 0.6) is 11.5 Å². The van der Waals surface area contributed by atoms with Gasteiger partial charge in [-0.3, -0.25) is 9.78 Å². The van der Waals surface area contributed by atoms with Crippen molar-refractivity contribution in [3.63, 3.8) is 0 Å². The van der Waals surface area contributed by atoms with Crippen molar-refractivity contribution in [3.8, 4) is 11.5 Å². The Balaban J connectivity index is 1.91. The van der Waals surface area contributed by atoms with E-state index in [2.05, 4.69) is 10.3 Å². The van der Waals surface area contributed by atoms with Crippen molar-refractivity contribution in [1.29, 1.82) is 0 Å². The van der Waals surface area contributed by atoms with Crippen LogP contribution >= 0.6 is 0 Å². The van der Waals surface area contributed by atoms with Crippen LogP contribution in [0.4, 0.5) is 0 Å². The molecule has 0 aliphatic rings. The van der Waals surface area contributed by atoms with Crippen LogP contribution in [0.15, 0.2) is 48.7 Å². The van der Waals surface area contributed by atoms with Gasteiger partial charge in [-0.25, -0.2) is 0 Å². The van der Waals surface area contributed by atoms with Gasteiger partial charge in [0.15, 0.2) is 6.10 Å². The second-order valence-corrected chi connectivity index (χ2v) is 4.92. The molecule has 1 amide bonds. The van der Waals surface area contributed by atoms with Crippen molar-refractivity contribution in [3.05, 3.63) is 54.4 Å². The predicted molar refractivity (Wildman–Crippen MR) is 83.9 cm³/mol. The van der Waals surface area contributed by atoms with Crippen molar-refractivity contribution in [1.82, 2.24) is 10.3 Å². The molecule has 0 saturated carbocycles. The molecule has 22 heavy (non-hydrogen) atoms. The lowest BCUT2D eigenvalue weighted by molar-refractivity contribution is -0.127. The minimum Gasteiger partial charge on any atom is -0.497 e. The molecule has 0 fully saturated rings. The number of ether oxygens (including phenoxy) is 2. The SMILES string of the molecule is COc1ccc(OC(C)C(=O)NC(C)c2ccccn2)cc1. The van der Waals surface area contributed by atoms with Gasteiger partial charge >= 0.3 is 0 Å². The minimum atomic E-state index is -0.598. The van der Waals surface area contributed by atoms with E-state index in [0.29, 0.717) is 5.75 Å². The molecule has 0 saturated heterocycles. The van der Waals surface area contributed by atoms with E-state index < -0.39 is 6.10 Å².